The molecule has 0 amide bonds. The molecule has 0 radical (unpaired) electrons. The zero-order chi connectivity index (χ0) is 59.7. The highest BCUT2D eigenvalue weighted by Gasteiger charge is 2.30. The quantitative estimate of drug-likeness (QED) is 0.0222. The number of hydrogen-bond donors (Lipinski definition) is 3. The molecule has 3 N–H and O–H groups in total. The van der Waals surface area contributed by atoms with Crippen LogP contribution in [0.2, 0.25) is 0 Å². The molecule has 0 rings (SSSR count). The highest BCUT2D eigenvalue weighted by Crippen LogP contribution is 2.45. The number of aliphatic hydroxyl groups excluding tert-OH is 1. The van der Waals surface area contributed by atoms with Crippen LogP contribution in [0.5, 0.6) is 0 Å². The fraction of sp³-hybridized carbons (Fsp3) is 0.934. The second kappa shape index (κ2) is 51.5. The Morgan fingerprint density at radius 1 is 0.350 bits per heavy atom. The summed E-state index contributed by atoms with van der Waals surface area (Å²) in [6, 6.07) is 0. The van der Waals surface area contributed by atoms with Gasteiger partial charge in [0, 0.05) is 25.7 Å². The van der Waals surface area contributed by atoms with Crippen molar-refractivity contribution in [2.75, 3.05) is 39.6 Å². The summed E-state index contributed by atoms with van der Waals surface area (Å²) in [5, 5.41) is 10.5. The van der Waals surface area contributed by atoms with Crippen molar-refractivity contribution in [2.45, 2.75) is 305 Å². The smallest absolute Gasteiger partial charge is 0.462 e. The third kappa shape index (κ3) is 52.8. The van der Waals surface area contributed by atoms with E-state index in [1.54, 1.807) is 0 Å². The Kier molecular flexibility index (Phi) is 50.2. The zero-order valence-electron chi connectivity index (χ0n) is 51.7. The first-order chi connectivity index (χ1) is 38.2. The number of phosphoric ester groups is 2. The van der Waals surface area contributed by atoms with Gasteiger partial charge in [0.15, 0.2) is 12.2 Å². The molecule has 0 aliphatic heterocycles. The Morgan fingerprint density at radius 2 is 0.600 bits per heavy atom. The molecule has 0 aromatic rings. The molecule has 0 bridgehead atoms. The summed E-state index contributed by atoms with van der Waals surface area (Å²) in [7, 11) is -9.88. The highest BCUT2D eigenvalue weighted by atomic mass is 31.2. The lowest BCUT2D eigenvalue weighted by Gasteiger charge is -2.21. The van der Waals surface area contributed by atoms with Crippen molar-refractivity contribution < 1.29 is 80.2 Å². The van der Waals surface area contributed by atoms with Crippen LogP contribution in [0.25, 0.3) is 0 Å². The van der Waals surface area contributed by atoms with Gasteiger partial charge < -0.3 is 33.8 Å². The molecule has 0 aromatic carbocycles. The number of ether oxygens (including phenoxy) is 4. The number of hydrogen-bond acceptors (Lipinski definition) is 15. The molecule has 80 heavy (non-hydrogen) atoms. The summed E-state index contributed by atoms with van der Waals surface area (Å²) < 4.78 is 67.8. The number of unbranched alkanes of at least 4 members (excludes halogenated alkanes) is 22. The van der Waals surface area contributed by atoms with Crippen LogP contribution in [0, 0.1) is 23.7 Å². The number of esters is 4. The number of carbonyl (C=O) groups excluding carboxylic acids is 4. The molecule has 0 saturated carbocycles. The van der Waals surface area contributed by atoms with Crippen molar-refractivity contribution in [2.24, 2.45) is 23.7 Å². The van der Waals surface area contributed by atoms with Gasteiger partial charge in [0.1, 0.15) is 19.3 Å². The van der Waals surface area contributed by atoms with Gasteiger partial charge in [-0.1, -0.05) is 235 Å². The van der Waals surface area contributed by atoms with E-state index in [1.165, 1.54) is 77.0 Å². The van der Waals surface area contributed by atoms with Crippen molar-refractivity contribution in [3.8, 4) is 0 Å². The highest BCUT2D eigenvalue weighted by molar-refractivity contribution is 7.47. The second-order valence-electron chi connectivity index (χ2n) is 23.5. The maximum Gasteiger partial charge on any atom is 0.472 e. The van der Waals surface area contributed by atoms with E-state index in [0.29, 0.717) is 31.6 Å². The molecular weight excluding hydrogens is 1070 g/mol. The van der Waals surface area contributed by atoms with Crippen molar-refractivity contribution >= 4 is 39.5 Å². The molecule has 0 aliphatic rings. The topological polar surface area (TPSA) is 237 Å². The molecule has 17 nitrogen and oxygen atoms in total. The van der Waals surface area contributed by atoms with Crippen LogP contribution in [-0.4, -0.2) is 96.7 Å². The van der Waals surface area contributed by atoms with Crippen molar-refractivity contribution in [1.82, 2.24) is 0 Å². The van der Waals surface area contributed by atoms with Crippen LogP contribution in [0.15, 0.2) is 0 Å². The summed E-state index contributed by atoms with van der Waals surface area (Å²) in [5.41, 5.74) is 0. The zero-order valence-corrected chi connectivity index (χ0v) is 53.5. The predicted octanol–water partition coefficient (Wildman–Crippen LogP) is 16.2. The lowest BCUT2D eigenvalue weighted by atomic mass is 10.00. The molecule has 0 fully saturated rings. The van der Waals surface area contributed by atoms with Crippen molar-refractivity contribution in [3.05, 3.63) is 0 Å². The van der Waals surface area contributed by atoms with Gasteiger partial charge in [0.25, 0.3) is 0 Å². The van der Waals surface area contributed by atoms with Gasteiger partial charge >= 0.3 is 39.5 Å². The number of phosphoric acid groups is 2. The fourth-order valence-electron chi connectivity index (χ4n) is 8.83. The molecule has 0 heterocycles. The van der Waals surface area contributed by atoms with E-state index in [4.69, 9.17) is 37.0 Å². The minimum atomic E-state index is -4.94. The van der Waals surface area contributed by atoms with Crippen LogP contribution in [-0.2, 0) is 65.4 Å². The molecule has 0 saturated heterocycles. The van der Waals surface area contributed by atoms with E-state index in [0.717, 1.165) is 120 Å². The number of aliphatic hydroxyl groups is 1. The Bertz CT molecular complexity index is 1610. The van der Waals surface area contributed by atoms with Crippen LogP contribution >= 0.6 is 15.6 Å². The van der Waals surface area contributed by atoms with Crippen LogP contribution < -0.4 is 0 Å². The molecule has 19 heteroatoms. The maximum atomic E-state index is 12.9. The van der Waals surface area contributed by atoms with Gasteiger partial charge in [-0.2, -0.15) is 0 Å². The molecular formula is C61H118O17P2. The summed E-state index contributed by atoms with van der Waals surface area (Å²) in [5.74, 6) is 0.700. The number of rotatable bonds is 58. The minimum absolute atomic E-state index is 0.101. The largest absolute Gasteiger partial charge is 0.472 e. The third-order valence-electron chi connectivity index (χ3n) is 14.5. The predicted molar refractivity (Wildman–Crippen MR) is 317 cm³/mol. The van der Waals surface area contributed by atoms with Crippen molar-refractivity contribution in [1.29, 1.82) is 0 Å². The standard InChI is InChI=1S/C61H118O17P2/c1-9-53(7)39-31-23-16-19-26-34-42-59(64)72-47-56(77-60(65)43-35-27-14-12-11-13-21-29-37-51(3)4)49-75-79(67,68)73-45-55(62)46-74-80(69,70)76-50-57(48-71-58(63)41-33-25-18-15-22-30-38-52(5)6)78-61(66)44-36-28-20-17-24-32-40-54(8)10-2/h51-57,62H,9-50H2,1-8H3,(H,67,68)(H,69,70)/t53?,54?,55-,56+,57+/m0/s1. The van der Waals surface area contributed by atoms with Gasteiger partial charge in [0.2, 0.25) is 0 Å². The fourth-order valence-corrected chi connectivity index (χ4v) is 10.4. The van der Waals surface area contributed by atoms with E-state index < -0.39 is 97.5 Å². The Hall–Kier alpha value is -1.94. The Labute approximate surface area is 486 Å². The van der Waals surface area contributed by atoms with Gasteiger partial charge in [-0.05, 0) is 49.4 Å². The summed E-state index contributed by atoms with van der Waals surface area (Å²) in [4.78, 5) is 72.0. The van der Waals surface area contributed by atoms with E-state index in [1.807, 2.05) is 0 Å². The summed E-state index contributed by atoms with van der Waals surface area (Å²) in [6.45, 7) is 13.8. The Balaban J connectivity index is 5.26. The molecule has 0 aromatic heterocycles. The molecule has 0 spiro atoms. The first kappa shape index (κ1) is 78.1. The average Bonchev–Trinajstić information content (AvgIpc) is 3.41. The van der Waals surface area contributed by atoms with E-state index in [2.05, 4.69) is 55.4 Å². The van der Waals surface area contributed by atoms with Gasteiger partial charge in [0.05, 0.1) is 26.4 Å². The Morgan fingerprint density at radius 3 is 0.887 bits per heavy atom. The second-order valence-corrected chi connectivity index (χ2v) is 26.4. The van der Waals surface area contributed by atoms with E-state index in [9.17, 15) is 43.2 Å². The summed E-state index contributed by atoms with van der Waals surface area (Å²) in [6.07, 6.45) is 29.6. The third-order valence-corrected chi connectivity index (χ3v) is 16.4. The van der Waals surface area contributed by atoms with Crippen LogP contribution in [0.3, 0.4) is 0 Å². The van der Waals surface area contributed by atoms with Gasteiger partial charge in [-0.3, -0.25) is 37.3 Å². The van der Waals surface area contributed by atoms with E-state index in [-0.39, 0.29) is 25.7 Å². The van der Waals surface area contributed by atoms with Crippen LogP contribution in [0.1, 0.15) is 287 Å². The van der Waals surface area contributed by atoms with Crippen molar-refractivity contribution in [3.63, 3.8) is 0 Å². The summed E-state index contributed by atoms with van der Waals surface area (Å²) >= 11 is 0. The lowest BCUT2D eigenvalue weighted by molar-refractivity contribution is -0.161. The lowest BCUT2D eigenvalue weighted by Crippen LogP contribution is -2.30. The SMILES string of the molecule is CCC(C)CCCCCCCCC(=O)OC[C@H](COP(=O)(O)OC[C@H](O)COP(=O)(O)OC[C@@H](COC(=O)CCCCCCCCC(C)C)OC(=O)CCCCCCCCC(C)CC)OC(=O)CCCCCCCCCCC(C)C. The first-order valence-corrected chi connectivity index (χ1v) is 34.8. The number of carbonyl (C=O) groups is 4. The maximum absolute atomic E-state index is 12.9. The molecule has 4 unspecified atom stereocenters. The average molecular weight is 1190 g/mol. The molecule has 474 valence electrons. The van der Waals surface area contributed by atoms with E-state index >= 15 is 0 Å². The minimum Gasteiger partial charge on any atom is -0.462 e. The molecule has 7 atom stereocenters. The van der Waals surface area contributed by atoms with Gasteiger partial charge in [-0.15, -0.1) is 0 Å². The monoisotopic (exact) mass is 1180 g/mol. The molecule has 0 aliphatic carbocycles. The van der Waals surface area contributed by atoms with Gasteiger partial charge in [-0.25, -0.2) is 9.13 Å². The normalized spacial score (nSPS) is 15.2. The first-order valence-electron chi connectivity index (χ1n) is 31.8. The van der Waals surface area contributed by atoms with Crippen LogP contribution in [0.4, 0.5) is 0 Å².